The lowest BCUT2D eigenvalue weighted by atomic mass is 9.96. The van der Waals surface area contributed by atoms with Crippen LogP contribution >= 0.6 is 0 Å². The number of hydrogen-bond acceptors (Lipinski definition) is 4. The highest BCUT2D eigenvalue weighted by atomic mass is 16.5. The summed E-state index contributed by atoms with van der Waals surface area (Å²) in [7, 11) is 2.15. The molecule has 0 saturated carbocycles. The van der Waals surface area contributed by atoms with E-state index in [4.69, 9.17) is 9.72 Å². The largest absolute Gasteiger partial charge is 0.381 e. The maximum Gasteiger partial charge on any atom is 0.158 e. The van der Waals surface area contributed by atoms with Crippen LogP contribution in [0.15, 0.2) is 42.5 Å². The molecule has 3 aromatic rings. The Morgan fingerprint density at radius 3 is 2.69 bits per heavy atom. The Labute approximate surface area is 154 Å². The molecule has 1 saturated heterocycles. The summed E-state index contributed by atoms with van der Waals surface area (Å²) in [5.74, 6) is 1.85. The Morgan fingerprint density at radius 2 is 1.92 bits per heavy atom. The summed E-state index contributed by atoms with van der Waals surface area (Å²) in [4.78, 5) is 7.13. The van der Waals surface area contributed by atoms with Gasteiger partial charge in [-0.25, -0.2) is 4.98 Å². The number of anilines is 1. The SMILES string of the molecule is Cc1cc2nc(-c3ccccc3)cc(N(C)CCC3CCOCC3)n2n1. The minimum Gasteiger partial charge on any atom is -0.381 e. The number of fused-ring (bicyclic) bond motifs is 1. The molecule has 0 bridgehead atoms. The zero-order chi connectivity index (χ0) is 17.9. The predicted molar refractivity (Wildman–Crippen MR) is 105 cm³/mol. The van der Waals surface area contributed by atoms with Gasteiger partial charge in [0.15, 0.2) is 5.65 Å². The number of benzene rings is 1. The third-order valence-electron chi connectivity index (χ3n) is 5.20. The van der Waals surface area contributed by atoms with E-state index in [2.05, 4.69) is 47.4 Å². The van der Waals surface area contributed by atoms with Gasteiger partial charge in [0, 0.05) is 44.5 Å². The molecule has 0 unspecified atom stereocenters. The summed E-state index contributed by atoms with van der Waals surface area (Å²) in [6.45, 7) is 4.84. The third kappa shape index (κ3) is 3.58. The van der Waals surface area contributed by atoms with E-state index in [1.54, 1.807) is 0 Å². The molecule has 0 N–H and O–H groups in total. The van der Waals surface area contributed by atoms with E-state index < -0.39 is 0 Å². The average molecular weight is 350 g/mol. The lowest BCUT2D eigenvalue weighted by Crippen LogP contribution is -2.26. The maximum absolute atomic E-state index is 5.48. The van der Waals surface area contributed by atoms with Crippen LogP contribution in [0.1, 0.15) is 25.0 Å². The fourth-order valence-electron chi connectivity index (χ4n) is 3.63. The summed E-state index contributed by atoms with van der Waals surface area (Å²) in [6, 6.07) is 14.5. The molecule has 0 radical (unpaired) electrons. The van der Waals surface area contributed by atoms with Crippen molar-refractivity contribution in [1.29, 1.82) is 0 Å². The molecular formula is C21H26N4O. The van der Waals surface area contributed by atoms with E-state index in [1.165, 1.54) is 19.3 Å². The van der Waals surface area contributed by atoms with Gasteiger partial charge in [0.05, 0.1) is 11.4 Å². The van der Waals surface area contributed by atoms with Gasteiger partial charge < -0.3 is 9.64 Å². The first-order valence-corrected chi connectivity index (χ1v) is 9.42. The molecule has 136 valence electrons. The summed E-state index contributed by atoms with van der Waals surface area (Å²) >= 11 is 0. The van der Waals surface area contributed by atoms with Gasteiger partial charge in [-0.2, -0.15) is 9.61 Å². The van der Waals surface area contributed by atoms with Crippen LogP contribution < -0.4 is 4.90 Å². The molecule has 4 rings (SSSR count). The zero-order valence-electron chi connectivity index (χ0n) is 15.6. The van der Waals surface area contributed by atoms with E-state index in [-0.39, 0.29) is 0 Å². The highest BCUT2D eigenvalue weighted by Crippen LogP contribution is 2.26. The predicted octanol–water partition coefficient (Wildman–Crippen LogP) is 3.96. The van der Waals surface area contributed by atoms with E-state index in [0.29, 0.717) is 0 Å². The molecule has 1 aliphatic rings. The van der Waals surface area contributed by atoms with Crippen molar-refractivity contribution in [2.75, 3.05) is 31.7 Å². The van der Waals surface area contributed by atoms with Crippen LogP contribution in [0, 0.1) is 12.8 Å². The second-order valence-electron chi connectivity index (χ2n) is 7.19. The zero-order valence-corrected chi connectivity index (χ0v) is 15.6. The highest BCUT2D eigenvalue weighted by Gasteiger charge is 2.17. The fourth-order valence-corrected chi connectivity index (χ4v) is 3.63. The minimum absolute atomic E-state index is 0.761. The monoisotopic (exact) mass is 350 g/mol. The van der Waals surface area contributed by atoms with Crippen molar-refractivity contribution in [2.45, 2.75) is 26.2 Å². The van der Waals surface area contributed by atoms with Crippen molar-refractivity contribution in [3.05, 3.63) is 48.2 Å². The number of hydrogen-bond donors (Lipinski definition) is 0. The van der Waals surface area contributed by atoms with Crippen molar-refractivity contribution in [2.24, 2.45) is 5.92 Å². The van der Waals surface area contributed by atoms with Crippen molar-refractivity contribution < 1.29 is 4.74 Å². The molecule has 1 fully saturated rings. The number of rotatable bonds is 5. The van der Waals surface area contributed by atoms with Gasteiger partial charge in [-0.05, 0) is 32.1 Å². The normalized spacial score (nSPS) is 15.5. The molecule has 26 heavy (non-hydrogen) atoms. The number of aryl methyl sites for hydroxylation is 1. The molecule has 2 aromatic heterocycles. The van der Waals surface area contributed by atoms with E-state index in [1.807, 2.05) is 23.6 Å². The van der Waals surface area contributed by atoms with Crippen LogP contribution in [0.2, 0.25) is 0 Å². The van der Waals surface area contributed by atoms with Gasteiger partial charge in [0.25, 0.3) is 0 Å². The van der Waals surface area contributed by atoms with Gasteiger partial charge >= 0.3 is 0 Å². The Morgan fingerprint density at radius 1 is 1.15 bits per heavy atom. The summed E-state index contributed by atoms with van der Waals surface area (Å²) < 4.78 is 7.44. The van der Waals surface area contributed by atoms with Gasteiger partial charge in [-0.1, -0.05) is 30.3 Å². The van der Waals surface area contributed by atoms with E-state index >= 15 is 0 Å². The van der Waals surface area contributed by atoms with Crippen LogP contribution in [0.25, 0.3) is 16.9 Å². The molecule has 0 atom stereocenters. The Bertz CT molecular complexity index is 868. The smallest absolute Gasteiger partial charge is 0.158 e. The lowest BCUT2D eigenvalue weighted by molar-refractivity contribution is 0.0645. The molecule has 5 heteroatoms. The molecule has 5 nitrogen and oxygen atoms in total. The molecule has 0 aliphatic carbocycles. The first kappa shape index (κ1) is 17.0. The van der Waals surface area contributed by atoms with Crippen molar-refractivity contribution in [3.63, 3.8) is 0 Å². The van der Waals surface area contributed by atoms with Gasteiger partial charge in [0.1, 0.15) is 5.82 Å². The number of ether oxygens (including phenoxy) is 1. The number of nitrogens with zero attached hydrogens (tertiary/aromatic N) is 4. The topological polar surface area (TPSA) is 42.7 Å². The van der Waals surface area contributed by atoms with Gasteiger partial charge in [-0.15, -0.1) is 0 Å². The van der Waals surface area contributed by atoms with Crippen molar-refractivity contribution >= 4 is 11.5 Å². The second-order valence-corrected chi connectivity index (χ2v) is 7.19. The van der Waals surface area contributed by atoms with Crippen molar-refractivity contribution in [1.82, 2.24) is 14.6 Å². The quantitative estimate of drug-likeness (QED) is 0.699. The van der Waals surface area contributed by atoms with Gasteiger partial charge in [0.2, 0.25) is 0 Å². The van der Waals surface area contributed by atoms with Crippen LogP contribution in [0.4, 0.5) is 5.82 Å². The Balaban J connectivity index is 1.63. The molecule has 0 spiro atoms. The van der Waals surface area contributed by atoms with Crippen LogP contribution in [0.5, 0.6) is 0 Å². The highest BCUT2D eigenvalue weighted by molar-refractivity contribution is 5.67. The van der Waals surface area contributed by atoms with Crippen molar-refractivity contribution in [3.8, 4) is 11.3 Å². The number of aromatic nitrogens is 3. The standard InChI is InChI=1S/C21H26N4O/c1-16-14-20-22-19(18-6-4-3-5-7-18)15-21(25(20)23-16)24(2)11-8-17-9-12-26-13-10-17/h3-7,14-15,17H,8-13H2,1-2H3. The lowest BCUT2D eigenvalue weighted by Gasteiger charge is -2.26. The molecule has 3 heterocycles. The first-order valence-electron chi connectivity index (χ1n) is 9.42. The van der Waals surface area contributed by atoms with Crippen LogP contribution in [-0.2, 0) is 4.74 Å². The van der Waals surface area contributed by atoms with E-state index in [0.717, 1.165) is 54.1 Å². The third-order valence-corrected chi connectivity index (χ3v) is 5.20. The molecule has 1 aliphatic heterocycles. The van der Waals surface area contributed by atoms with Gasteiger partial charge in [-0.3, -0.25) is 0 Å². The maximum atomic E-state index is 5.48. The van der Waals surface area contributed by atoms with Crippen LogP contribution in [0.3, 0.4) is 0 Å². The molecule has 0 amide bonds. The average Bonchev–Trinajstić information content (AvgIpc) is 3.07. The summed E-state index contributed by atoms with van der Waals surface area (Å²) in [5, 5.41) is 4.66. The molecule has 1 aromatic carbocycles. The minimum atomic E-state index is 0.761. The second kappa shape index (κ2) is 7.46. The Hall–Kier alpha value is -2.40. The first-order chi connectivity index (χ1) is 12.7. The summed E-state index contributed by atoms with van der Waals surface area (Å²) in [6.07, 6.45) is 3.54. The molecular weight excluding hydrogens is 324 g/mol. The fraction of sp³-hybridized carbons (Fsp3) is 0.429. The van der Waals surface area contributed by atoms with E-state index in [9.17, 15) is 0 Å². The Kier molecular flexibility index (Phi) is 4.89. The summed E-state index contributed by atoms with van der Waals surface area (Å²) in [5.41, 5.74) is 4.01. The van der Waals surface area contributed by atoms with Crippen LogP contribution in [-0.4, -0.2) is 41.4 Å².